The quantitative estimate of drug-likeness (QED) is 0.605. The monoisotopic (exact) mass is 313 g/mol. The minimum atomic E-state index is -0.458. The van der Waals surface area contributed by atoms with Crippen LogP contribution in [0.5, 0.6) is 5.75 Å². The van der Waals surface area contributed by atoms with Crippen LogP contribution in [0, 0.1) is 0 Å². The third-order valence-electron chi connectivity index (χ3n) is 3.41. The molecule has 23 heavy (non-hydrogen) atoms. The zero-order chi connectivity index (χ0) is 16.2. The van der Waals surface area contributed by atoms with E-state index >= 15 is 0 Å². The second-order valence-electron chi connectivity index (χ2n) is 4.88. The molecule has 0 N–H and O–H groups in total. The van der Waals surface area contributed by atoms with E-state index in [1.165, 1.54) is 7.11 Å². The number of fused-ring (bicyclic) bond motifs is 1. The molecule has 0 aromatic heterocycles. The van der Waals surface area contributed by atoms with E-state index in [1.807, 2.05) is 12.1 Å². The lowest BCUT2D eigenvalue weighted by Gasteiger charge is -2.15. The van der Waals surface area contributed by atoms with Gasteiger partial charge in [0.25, 0.3) is 11.8 Å². The molecule has 0 radical (unpaired) electrons. The molecule has 1 aliphatic heterocycles. The Hall–Kier alpha value is -2.70. The summed E-state index contributed by atoms with van der Waals surface area (Å²) in [6.07, 6.45) is 0. The molecule has 2 aromatic carbocycles. The van der Waals surface area contributed by atoms with E-state index < -0.39 is 11.8 Å². The van der Waals surface area contributed by atoms with Crippen molar-refractivity contribution in [2.24, 2.45) is 0 Å². The fourth-order valence-corrected chi connectivity index (χ4v) is 2.30. The third kappa shape index (κ3) is 2.94. The molecular weight excluding hydrogens is 298 g/mol. The Bertz CT molecular complexity index is 708. The van der Waals surface area contributed by atoms with E-state index in [4.69, 9.17) is 14.3 Å². The van der Waals surface area contributed by atoms with Crippen molar-refractivity contribution in [1.82, 2.24) is 5.06 Å². The Morgan fingerprint density at radius 3 is 2.17 bits per heavy atom. The number of ether oxygens (including phenoxy) is 2. The molecule has 1 heterocycles. The highest BCUT2D eigenvalue weighted by atomic mass is 16.7. The van der Waals surface area contributed by atoms with Crippen LogP contribution in [0.3, 0.4) is 0 Å². The number of para-hydroxylation sites is 1. The molecule has 1 aliphatic rings. The smallest absolute Gasteiger partial charge is 0.285 e. The van der Waals surface area contributed by atoms with Crippen molar-refractivity contribution in [1.29, 1.82) is 0 Å². The van der Waals surface area contributed by atoms with E-state index in [-0.39, 0.29) is 13.4 Å². The van der Waals surface area contributed by atoms with Gasteiger partial charge in [0, 0.05) is 12.7 Å². The average molecular weight is 313 g/mol. The molecule has 0 unspecified atom stereocenters. The van der Waals surface area contributed by atoms with Crippen molar-refractivity contribution in [3.8, 4) is 5.75 Å². The maximum atomic E-state index is 12.2. The van der Waals surface area contributed by atoms with Gasteiger partial charge in [-0.2, -0.15) is 0 Å². The second-order valence-corrected chi connectivity index (χ2v) is 4.88. The van der Waals surface area contributed by atoms with Gasteiger partial charge in [0.05, 0.1) is 11.1 Å². The Balaban J connectivity index is 1.73. The lowest BCUT2D eigenvalue weighted by atomic mass is 10.1. The molecule has 6 nitrogen and oxygen atoms in total. The van der Waals surface area contributed by atoms with E-state index in [2.05, 4.69) is 0 Å². The minimum absolute atomic E-state index is 0.0331. The first-order valence-electron chi connectivity index (χ1n) is 7.02. The predicted molar refractivity (Wildman–Crippen MR) is 80.7 cm³/mol. The molecule has 0 bridgehead atoms. The molecule has 0 saturated heterocycles. The van der Waals surface area contributed by atoms with Gasteiger partial charge in [0.1, 0.15) is 12.4 Å². The SMILES string of the molecule is COCOc1ccccc1CON1C(=O)c2ccccc2C1=O. The number of nitrogens with zero attached hydrogens (tertiary/aromatic N) is 1. The molecule has 118 valence electrons. The van der Waals surface area contributed by atoms with Crippen molar-refractivity contribution >= 4 is 11.8 Å². The molecule has 0 saturated carbocycles. The zero-order valence-corrected chi connectivity index (χ0v) is 12.5. The molecule has 0 atom stereocenters. The number of rotatable bonds is 6. The maximum Gasteiger partial charge on any atom is 0.285 e. The van der Waals surface area contributed by atoms with E-state index in [0.29, 0.717) is 22.4 Å². The van der Waals surface area contributed by atoms with Crippen molar-refractivity contribution in [3.05, 3.63) is 65.2 Å². The van der Waals surface area contributed by atoms with Crippen molar-refractivity contribution < 1.29 is 23.9 Å². The van der Waals surface area contributed by atoms with E-state index in [9.17, 15) is 9.59 Å². The highest BCUT2D eigenvalue weighted by Gasteiger charge is 2.36. The van der Waals surface area contributed by atoms with Crippen molar-refractivity contribution in [2.75, 3.05) is 13.9 Å². The second kappa shape index (κ2) is 6.60. The number of carbonyl (C=O) groups is 2. The topological polar surface area (TPSA) is 65.1 Å². The van der Waals surface area contributed by atoms with Crippen LogP contribution in [-0.4, -0.2) is 30.8 Å². The number of amides is 2. The Kier molecular flexibility index (Phi) is 4.36. The number of carbonyl (C=O) groups excluding carboxylic acids is 2. The molecule has 2 amide bonds. The first-order valence-corrected chi connectivity index (χ1v) is 7.02. The number of hydroxylamine groups is 2. The van der Waals surface area contributed by atoms with Crippen LogP contribution in [-0.2, 0) is 16.2 Å². The summed E-state index contributed by atoms with van der Waals surface area (Å²) in [5.41, 5.74) is 1.41. The first kappa shape index (κ1) is 15.2. The molecule has 0 spiro atoms. The molecule has 0 fully saturated rings. The number of imide groups is 1. The first-order chi connectivity index (χ1) is 11.2. The van der Waals surface area contributed by atoms with Gasteiger partial charge in [-0.05, 0) is 18.2 Å². The number of hydrogen-bond donors (Lipinski definition) is 0. The summed E-state index contributed by atoms with van der Waals surface area (Å²) in [6, 6.07) is 13.8. The average Bonchev–Trinajstić information content (AvgIpc) is 2.83. The number of benzene rings is 2. The van der Waals surface area contributed by atoms with Crippen molar-refractivity contribution in [3.63, 3.8) is 0 Å². The van der Waals surface area contributed by atoms with Gasteiger partial charge in [-0.1, -0.05) is 30.3 Å². The maximum absolute atomic E-state index is 12.2. The molecule has 2 aromatic rings. The van der Waals surface area contributed by atoms with E-state index in [1.54, 1.807) is 36.4 Å². The lowest BCUT2D eigenvalue weighted by Crippen LogP contribution is -2.29. The van der Waals surface area contributed by atoms with E-state index in [0.717, 1.165) is 5.06 Å². The van der Waals surface area contributed by atoms with Crippen LogP contribution >= 0.6 is 0 Å². The van der Waals surface area contributed by atoms with Crippen LogP contribution < -0.4 is 4.74 Å². The summed E-state index contributed by atoms with van der Waals surface area (Å²) in [7, 11) is 1.53. The Morgan fingerprint density at radius 2 is 1.52 bits per heavy atom. The van der Waals surface area contributed by atoms with Crippen LogP contribution in [0.25, 0.3) is 0 Å². The van der Waals surface area contributed by atoms with Crippen LogP contribution in [0.15, 0.2) is 48.5 Å². The largest absolute Gasteiger partial charge is 0.467 e. The molecular formula is C17H15NO5. The summed E-state index contributed by atoms with van der Waals surface area (Å²) in [4.78, 5) is 29.9. The van der Waals surface area contributed by atoms with Crippen LogP contribution in [0.1, 0.15) is 26.3 Å². The lowest BCUT2D eigenvalue weighted by molar-refractivity contribution is -0.101. The number of hydrogen-bond acceptors (Lipinski definition) is 5. The number of methoxy groups -OCH3 is 1. The van der Waals surface area contributed by atoms with Crippen LogP contribution in [0.2, 0.25) is 0 Å². The Morgan fingerprint density at radius 1 is 0.913 bits per heavy atom. The zero-order valence-electron chi connectivity index (χ0n) is 12.5. The third-order valence-corrected chi connectivity index (χ3v) is 3.41. The highest BCUT2D eigenvalue weighted by Crippen LogP contribution is 2.25. The van der Waals surface area contributed by atoms with Gasteiger partial charge in [-0.25, -0.2) is 0 Å². The summed E-state index contributed by atoms with van der Waals surface area (Å²) < 4.78 is 10.3. The van der Waals surface area contributed by atoms with Gasteiger partial charge in [0.2, 0.25) is 0 Å². The standard InChI is InChI=1S/C17H15NO5/c1-21-11-22-15-9-5-2-6-12(15)10-23-18-16(19)13-7-3-4-8-14(13)17(18)20/h2-9H,10-11H2,1H3. The fraction of sp³-hybridized carbons (Fsp3) is 0.176. The van der Waals surface area contributed by atoms with Crippen molar-refractivity contribution in [2.45, 2.75) is 6.61 Å². The van der Waals surface area contributed by atoms with Gasteiger partial charge in [-0.15, -0.1) is 5.06 Å². The minimum Gasteiger partial charge on any atom is -0.467 e. The molecule has 0 aliphatic carbocycles. The van der Waals surface area contributed by atoms with Gasteiger partial charge >= 0.3 is 0 Å². The predicted octanol–water partition coefficient (Wildman–Crippen LogP) is 2.40. The van der Waals surface area contributed by atoms with Gasteiger partial charge < -0.3 is 9.47 Å². The fourth-order valence-electron chi connectivity index (χ4n) is 2.30. The summed E-state index contributed by atoms with van der Waals surface area (Å²) in [5.74, 6) is -0.340. The van der Waals surface area contributed by atoms with Gasteiger partial charge in [-0.3, -0.25) is 14.4 Å². The highest BCUT2D eigenvalue weighted by molar-refractivity contribution is 6.20. The molecule has 3 rings (SSSR count). The molecule has 6 heteroatoms. The normalized spacial score (nSPS) is 13.3. The summed E-state index contributed by atoms with van der Waals surface area (Å²) >= 11 is 0. The van der Waals surface area contributed by atoms with Crippen LogP contribution in [0.4, 0.5) is 0 Å². The van der Waals surface area contributed by atoms with Gasteiger partial charge in [0.15, 0.2) is 6.79 Å². The summed E-state index contributed by atoms with van der Waals surface area (Å²) in [6.45, 7) is 0.134. The Labute approximate surface area is 133 Å². The summed E-state index contributed by atoms with van der Waals surface area (Å²) in [5, 5.41) is 0.789.